The fourth-order valence-electron chi connectivity index (χ4n) is 1.61. The average Bonchev–Trinajstić information content (AvgIpc) is 2.70. The van der Waals surface area contributed by atoms with Crippen LogP contribution in [0.2, 0.25) is 0 Å². The van der Waals surface area contributed by atoms with Crippen molar-refractivity contribution in [3.63, 3.8) is 0 Å². The molecule has 0 aliphatic carbocycles. The maximum absolute atomic E-state index is 10.7. The second kappa shape index (κ2) is 6.58. The van der Waals surface area contributed by atoms with Gasteiger partial charge in [-0.2, -0.15) is 0 Å². The number of carbonyl (C=O) groups is 1. The van der Waals surface area contributed by atoms with Gasteiger partial charge in [0.2, 0.25) is 0 Å². The standard InChI is InChI=1S/C11H19NO3/c1-2-10(11(13)14)3-5-12-7-9-4-6-15-8-9/h3,9,12H,2,4-8H2,1H3,(H,13,14). The van der Waals surface area contributed by atoms with E-state index in [-0.39, 0.29) is 0 Å². The third-order valence-corrected chi connectivity index (χ3v) is 2.61. The Kier molecular flexibility index (Phi) is 5.36. The van der Waals surface area contributed by atoms with E-state index in [4.69, 9.17) is 9.84 Å². The van der Waals surface area contributed by atoms with Crippen molar-refractivity contribution in [2.45, 2.75) is 19.8 Å². The molecule has 1 aliphatic heterocycles. The Bertz CT molecular complexity index is 232. The van der Waals surface area contributed by atoms with E-state index in [0.29, 0.717) is 24.5 Å². The monoisotopic (exact) mass is 213 g/mol. The van der Waals surface area contributed by atoms with E-state index in [1.54, 1.807) is 6.08 Å². The van der Waals surface area contributed by atoms with Crippen LogP contribution in [-0.2, 0) is 9.53 Å². The molecular formula is C11H19NO3. The molecule has 1 rings (SSSR count). The predicted octanol–water partition coefficient (Wildman–Crippen LogP) is 1.03. The van der Waals surface area contributed by atoms with Crippen LogP contribution < -0.4 is 5.32 Å². The highest BCUT2D eigenvalue weighted by molar-refractivity contribution is 5.86. The lowest BCUT2D eigenvalue weighted by Gasteiger charge is -2.07. The summed E-state index contributed by atoms with van der Waals surface area (Å²) in [7, 11) is 0. The highest BCUT2D eigenvalue weighted by Gasteiger charge is 2.14. The second-order valence-electron chi connectivity index (χ2n) is 3.78. The maximum atomic E-state index is 10.7. The molecule has 86 valence electrons. The summed E-state index contributed by atoms with van der Waals surface area (Å²) in [6, 6.07) is 0. The van der Waals surface area contributed by atoms with Crippen molar-refractivity contribution in [1.29, 1.82) is 0 Å². The average molecular weight is 213 g/mol. The number of carboxylic acid groups (broad SMARTS) is 1. The molecule has 1 heterocycles. The summed E-state index contributed by atoms with van der Waals surface area (Å²) in [5.41, 5.74) is 0.477. The number of nitrogens with one attached hydrogen (secondary N) is 1. The summed E-state index contributed by atoms with van der Waals surface area (Å²) in [5, 5.41) is 12.0. The first-order chi connectivity index (χ1) is 7.24. The molecule has 0 saturated carbocycles. The van der Waals surface area contributed by atoms with Gasteiger partial charge in [-0.15, -0.1) is 0 Å². The number of hydrogen-bond donors (Lipinski definition) is 2. The van der Waals surface area contributed by atoms with Gasteiger partial charge in [0.25, 0.3) is 0 Å². The zero-order valence-corrected chi connectivity index (χ0v) is 9.16. The van der Waals surface area contributed by atoms with Gasteiger partial charge in [-0.05, 0) is 18.8 Å². The third-order valence-electron chi connectivity index (χ3n) is 2.61. The first-order valence-electron chi connectivity index (χ1n) is 5.44. The van der Waals surface area contributed by atoms with E-state index < -0.39 is 5.97 Å². The molecule has 15 heavy (non-hydrogen) atoms. The second-order valence-corrected chi connectivity index (χ2v) is 3.78. The Hall–Kier alpha value is -0.870. The first-order valence-corrected chi connectivity index (χ1v) is 5.44. The lowest BCUT2D eigenvalue weighted by atomic mass is 10.1. The van der Waals surface area contributed by atoms with Crippen LogP contribution in [0.5, 0.6) is 0 Å². The fraction of sp³-hybridized carbons (Fsp3) is 0.727. The van der Waals surface area contributed by atoms with Gasteiger partial charge in [-0.1, -0.05) is 13.0 Å². The molecule has 0 spiro atoms. The first kappa shape index (κ1) is 12.2. The molecule has 0 aromatic rings. The Balaban J connectivity index is 2.16. The summed E-state index contributed by atoms with van der Waals surface area (Å²) in [4.78, 5) is 10.7. The van der Waals surface area contributed by atoms with Crippen molar-refractivity contribution in [2.24, 2.45) is 5.92 Å². The molecular weight excluding hydrogens is 194 g/mol. The third kappa shape index (κ3) is 4.44. The van der Waals surface area contributed by atoms with Gasteiger partial charge < -0.3 is 15.2 Å². The Labute approximate surface area is 90.3 Å². The quantitative estimate of drug-likeness (QED) is 0.511. The Morgan fingerprint density at radius 3 is 3.00 bits per heavy atom. The lowest BCUT2D eigenvalue weighted by Crippen LogP contribution is -2.23. The zero-order chi connectivity index (χ0) is 11.1. The molecule has 2 N–H and O–H groups in total. The minimum absolute atomic E-state index is 0.477. The van der Waals surface area contributed by atoms with Gasteiger partial charge in [0.1, 0.15) is 0 Å². The number of carboxylic acids is 1. The fourth-order valence-corrected chi connectivity index (χ4v) is 1.61. The molecule has 1 saturated heterocycles. The number of rotatable bonds is 6. The highest BCUT2D eigenvalue weighted by atomic mass is 16.5. The van der Waals surface area contributed by atoms with Crippen LogP contribution in [0.4, 0.5) is 0 Å². The number of ether oxygens (including phenoxy) is 1. The molecule has 1 aliphatic rings. The van der Waals surface area contributed by atoms with E-state index in [2.05, 4.69) is 5.32 Å². The van der Waals surface area contributed by atoms with Crippen LogP contribution in [-0.4, -0.2) is 37.4 Å². The topological polar surface area (TPSA) is 58.6 Å². The Morgan fingerprint density at radius 1 is 1.67 bits per heavy atom. The molecule has 1 fully saturated rings. The predicted molar refractivity (Wildman–Crippen MR) is 57.8 cm³/mol. The van der Waals surface area contributed by atoms with Gasteiger partial charge in [-0.25, -0.2) is 4.79 Å². The van der Waals surface area contributed by atoms with Gasteiger partial charge in [0.15, 0.2) is 0 Å². The minimum Gasteiger partial charge on any atom is -0.478 e. The van der Waals surface area contributed by atoms with E-state index >= 15 is 0 Å². The summed E-state index contributed by atoms with van der Waals surface area (Å²) < 4.78 is 5.25. The van der Waals surface area contributed by atoms with Crippen molar-refractivity contribution in [1.82, 2.24) is 5.32 Å². The molecule has 0 amide bonds. The number of hydrogen-bond acceptors (Lipinski definition) is 3. The highest BCUT2D eigenvalue weighted by Crippen LogP contribution is 2.10. The van der Waals surface area contributed by atoms with Crippen molar-refractivity contribution >= 4 is 5.97 Å². The summed E-state index contributed by atoms with van der Waals surface area (Å²) in [5.74, 6) is -0.225. The molecule has 1 atom stereocenters. The molecule has 4 nitrogen and oxygen atoms in total. The van der Waals surface area contributed by atoms with Crippen LogP contribution in [0.1, 0.15) is 19.8 Å². The summed E-state index contributed by atoms with van der Waals surface area (Å²) in [6.45, 7) is 5.08. The summed E-state index contributed by atoms with van der Waals surface area (Å²) in [6.07, 6.45) is 3.43. The Morgan fingerprint density at radius 2 is 2.47 bits per heavy atom. The van der Waals surface area contributed by atoms with Crippen LogP contribution in [0.3, 0.4) is 0 Å². The molecule has 0 aromatic heterocycles. The van der Waals surface area contributed by atoms with Gasteiger partial charge in [-0.3, -0.25) is 0 Å². The SMILES string of the molecule is CCC(=CCNCC1CCOC1)C(=O)O. The van der Waals surface area contributed by atoms with E-state index in [1.165, 1.54) is 0 Å². The van der Waals surface area contributed by atoms with Crippen molar-refractivity contribution < 1.29 is 14.6 Å². The maximum Gasteiger partial charge on any atom is 0.331 e. The van der Waals surface area contributed by atoms with Crippen molar-refractivity contribution in [3.8, 4) is 0 Å². The van der Waals surface area contributed by atoms with E-state index in [1.807, 2.05) is 6.92 Å². The van der Waals surface area contributed by atoms with E-state index in [9.17, 15) is 4.79 Å². The van der Waals surface area contributed by atoms with Crippen LogP contribution in [0.25, 0.3) is 0 Å². The van der Waals surface area contributed by atoms with Gasteiger partial charge >= 0.3 is 5.97 Å². The number of aliphatic carboxylic acids is 1. The lowest BCUT2D eigenvalue weighted by molar-refractivity contribution is -0.132. The summed E-state index contributed by atoms with van der Waals surface area (Å²) >= 11 is 0. The van der Waals surface area contributed by atoms with Crippen molar-refractivity contribution in [2.75, 3.05) is 26.3 Å². The smallest absolute Gasteiger partial charge is 0.331 e. The molecule has 0 aromatic carbocycles. The molecule has 1 unspecified atom stereocenters. The molecule has 0 bridgehead atoms. The normalized spacial score (nSPS) is 21.9. The van der Waals surface area contributed by atoms with Crippen LogP contribution >= 0.6 is 0 Å². The molecule has 4 heteroatoms. The van der Waals surface area contributed by atoms with Crippen LogP contribution in [0.15, 0.2) is 11.6 Å². The van der Waals surface area contributed by atoms with Gasteiger partial charge in [0.05, 0.1) is 6.61 Å². The zero-order valence-electron chi connectivity index (χ0n) is 9.16. The molecule has 0 radical (unpaired) electrons. The minimum atomic E-state index is -0.816. The van der Waals surface area contributed by atoms with Gasteiger partial charge in [0, 0.05) is 25.3 Å². The van der Waals surface area contributed by atoms with E-state index in [0.717, 1.165) is 26.2 Å². The largest absolute Gasteiger partial charge is 0.478 e. The van der Waals surface area contributed by atoms with Crippen molar-refractivity contribution in [3.05, 3.63) is 11.6 Å². The van der Waals surface area contributed by atoms with Crippen LogP contribution in [0, 0.1) is 5.92 Å².